The maximum atomic E-state index is 5.86. The molecule has 0 saturated carbocycles. The maximum Gasteiger partial charge on any atom is 0.173 e. The van der Waals surface area contributed by atoms with Crippen LogP contribution in [-0.2, 0) is 13.6 Å². The van der Waals surface area contributed by atoms with Crippen molar-refractivity contribution in [2.45, 2.75) is 6.54 Å². The van der Waals surface area contributed by atoms with Gasteiger partial charge in [0.1, 0.15) is 0 Å². The van der Waals surface area contributed by atoms with E-state index in [0.717, 1.165) is 17.9 Å². The lowest BCUT2D eigenvalue weighted by Crippen LogP contribution is -2.18. The fraction of sp³-hybridized carbons (Fsp3) is 0.273. The second kappa shape index (κ2) is 4.22. The van der Waals surface area contributed by atoms with Crippen LogP contribution in [0.2, 0.25) is 0 Å². The van der Waals surface area contributed by atoms with Crippen LogP contribution in [0, 0.1) is 0 Å². The maximum absolute atomic E-state index is 5.86. The zero-order chi connectivity index (χ0) is 11.5. The SMILES string of the molecule is CN(Cc1cccnc1)c1nn(C)cc1N. The third-order valence-electron chi connectivity index (χ3n) is 2.34. The van der Waals surface area contributed by atoms with E-state index in [4.69, 9.17) is 5.73 Å². The molecule has 84 valence electrons. The molecule has 0 aromatic carbocycles. The molecule has 0 atom stereocenters. The van der Waals surface area contributed by atoms with Gasteiger partial charge in [0.25, 0.3) is 0 Å². The molecule has 2 heterocycles. The van der Waals surface area contributed by atoms with E-state index in [1.807, 2.05) is 37.3 Å². The van der Waals surface area contributed by atoms with Crippen molar-refractivity contribution < 1.29 is 0 Å². The van der Waals surface area contributed by atoms with E-state index in [1.165, 1.54) is 0 Å². The van der Waals surface area contributed by atoms with Crippen molar-refractivity contribution in [3.05, 3.63) is 36.3 Å². The van der Waals surface area contributed by atoms with Gasteiger partial charge in [-0.15, -0.1) is 0 Å². The minimum absolute atomic E-state index is 0.689. The molecule has 0 saturated heterocycles. The minimum atomic E-state index is 0.689. The van der Waals surface area contributed by atoms with Crippen molar-refractivity contribution in [2.75, 3.05) is 17.7 Å². The lowest BCUT2D eigenvalue weighted by molar-refractivity contribution is 0.751. The first-order valence-corrected chi connectivity index (χ1v) is 5.06. The van der Waals surface area contributed by atoms with Crippen LogP contribution < -0.4 is 10.6 Å². The molecular formula is C11H15N5. The Kier molecular flexibility index (Phi) is 2.76. The molecule has 0 unspecified atom stereocenters. The Hall–Kier alpha value is -2.04. The molecule has 5 nitrogen and oxygen atoms in total. The highest BCUT2D eigenvalue weighted by atomic mass is 15.3. The summed E-state index contributed by atoms with van der Waals surface area (Å²) in [5.74, 6) is 0.798. The van der Waals surface area contributed by atoms with E-state index in [9.17, 15) is 0 Å². The lowest BCUT2D eigenvalue weighted by atomic mass is 10.3. The van der Waals surface area contributed by atoms with Gasteiger partial charge in [-0.1, -0.05) is 6.07 Å². The third kappa shape index (κ3) is 2.13. The molecule has 5 heteroatoms. The number of hydrogen-bond donors (Lipinski definition) is 1. The molecule has 0 bridgehead atoms. The summed E-state index contributed by atoms with van der Waals surface area (Å²) in [5, 5.41) is 4.30. The number of hydrogen-bond acceptors (Lipinski definition) is 4. The van der Waals surface area contributed by atoms with Gasteiger partial charge in [0, 0.05) is 39.2 Å². The predicted octanol–water partition coefficient (Wildman–Crippen LogP) is 1.03. The Balaban J connectivity index is 2.14. The highest BCUT2D eigenvalue weighted by molar-refractivity contribution is 5.61. The van der Waals surface area contributed by atoms with Crippen LogP contribution in [0.15, 0.2) is 30.7 Å². The molecule has 16 heavy (non-hydrogen) atoms. The van der Waals surface area contributed by atoms with Crippen LogP contribution >= 0.6 is 0 Å². The summed E-state index contributed by atoms with van der Waals surface area (Å²) in [6, 6.07) is 3.95. The number of nitrogens with zero attached hydrogens (tertiary/aromatic N) is 4. The van der Waals surface area contributed by atoms with E-state index in [2.05, 4.69) is 10.1 Å². The number of aromatic nitrogens is 3. The molecule has 0 spiro atoms. The number of nitrogens with two attached hydrogens (primary N) is 1. The van der Waals surface area contributed by atoms with Crippen molar-refractivity contribution in [3.8, 4) is 0 Å². The molecule has 2 aromatic rings. The van der Waals surface area contributed by atoms with Crippen molar-refractivity contribution in [1.29, 1.82) is 0 Å². The van der Waals surface area contributed by atoms with Gasteiger partial charge in [0.05, 0.1) is 5.69 Å². The lowest BCUT2D eigenvalue weighted by Gasteiger charge is -2.16. The van der Waals surface area contributed by atoms with E-state index in [1.54, 1.807) is 17.1 Å². The van der Waals surface area contributed by atoms with Crippen molar-refractivity contribution in [3.63, 3.8) is 0 Å². The average Bonchev–Trinajstić information content (AvgIpc) is 2.59. The first-order chi connectivity index (χ1) is 7.66. The molecule has 2 aromatic heterocycles. The Morgan fingerprint density at radius 2 is 2.31 bits per heavy atom. The summed E-state index contributed by atoms with van der Waals surface area (Å²) >= 11 is 0. The van der Waals surface area contributed by atoms with Crippen LogP contribution in [-0.4, -0.2) is 21.8 Å². The van der Waals surface area contributed by atoms with Crippen LogP contribution in [0.4, 0.5) is 11.5 Å². The Labute approximate surface area is 94.5 Å². The summed E-state index contributed by atoms with van der Waals surface area (Å²) in [6.07, 6.45) is 5.41. The number of aryl methyl sites for hydroxylation is 1. The van der Waals surface area contributed by atoms with E-state index >= 15 is 0 Å². The molecule has 0 aliphatic rings. The average molecular weight is 217 g/mol. The number of anilines is 2. The Bertz CT molecular complexity index is 462. The normalized spacial score (nSPS) is 10.4. The Morgan fingerprint density at radius 1 is 1.50 bits per heavy atom. The second-order valence-corrected chi connectivity index (χ2v) is 3.80. The van der Waals surface area contributed by atoms with Crippen LogP contribution in [0.3, 0.4) is 0 Å². The Morgan fingerprint density at radius 3 is 2.88 bits per heavy atom. The third-order valence-corrected chi connectivity index (χ3v) is 2.34. The molecule has 0 aliphatic carbocycles. The van der Waals surface area contributed by atoms with Crippen molar-refractivity contribution in [1.82, 2.24) is 14.8 Å². The quantitative estimate of drug-likeness (QED) is 0.834. The summed E-state index contributed by atoms with van der Waals surface area (Å²) in [7, 11) is 3.82. The van der Waals surface area contributed by atoms with Gasteiger partial charge in [0.2, 0.25) is 0 Å². The molecule has 0 fully saturated rings. The number of rotatable bonds is 3. The standard InChI is InChI=1S/C11H15N5/c1-15(7-9-4-3-5-13-6-9)11-10(12)8-16(2)14-11/h3-6,8H,7,12H2,1-2H3. The summed E-state index contributed by atoms with van der Waals surface area (Å²) < 4.78 is 1.71. The number of nitrogen functional groups attached to an aromatic ring is 1. The second-order valence-electron chi connectivity index (χ2n) is 3.80. The van der Waals surface area contributed by atoms with E-state index in [-0.39, 0.29) is 0 Å². The van der Waals surface area contributed by atoms with E-state index in [0.29, 0.717) is 5.69 Å². The van der Waals surface area contributed by atoms with Crippen molar-refractivity contribution >= 4 is 11.5 Å². The number of pyridine rings is 1. The molecule has 0 amide bonds. The smallest absolute Gasteiger partial charge is 0.173 e. The van der Waals surface area contributed by atoms with Crippen molar-refractivity contribution in [2.24, 2.45) is 7.05 Å². The topological polar surface area (TPSA) is 60.0 Å². The fourth-order valence-corrected chi connectivity index (χ4v) is 1.63. The zero-order valence-electron chi connectivity index (χ0n) is 9.46. The van der Waals surface area contributed by atoms with Gasteiger partial charge in [-0.05, 0) is 11.6 Å². The van der Waals surface area contributed by atoms with Crippen LogP contribution in [0.1, 0.15) is 5.56 Å². The van der Waals surface area contributed by atoms with Gasteiger partial charge >= 0.3 is 0 Å². The van der Waals surface area contributed by atoms with Crippen LogP contribution in [0.5, 0.6) is 0 Å². The van der Waals surface area contributed by atoms with Gasteiger partial charge < -0.3 is 10.6 Å². The molecule has 2 N–H and O–H groups in total. The van der Waals surface area contributed by atoms with Crippen LogP contribution in [0.25, 0.3) is 0 Å². The van der Waals surface area contributed by atoms with Gasteiger partial charge in [-0.2, -0.15) is 5.10 Å². The molecule has 0 aliphatic heterocycles. The molecule has 0 radical (unpaired) electrons. The monoisotopic (exact) mass is 217 g/mol. The fourth-order valence-electron chi connectivity index (χ4n) is 1.63. The van der Waals surface area contributed by atoms with Gasteiger partial charge in [-0.25, -0.2) is 0 Å². The van der Waals surface area contributed by atoms with E-state index < -0.39 is 0 Å². The largest absolute Gasteiger partial charge is 0.394 e. The summed E-state index contributed by atoms with van der Waals surface area (Å²) in [5.41, 5.74) is 7.68. The highest BCUT2D eigenvalue weighted by Gasteiger charge is 2.09. The summed E-state index contributed by atoms with van der Waals surface area (Å²) in [4.78, 5) is 6.08. The van der Waals surface area contributed by atoms with Gasteiger partial charge in [0.15, 0.2) is 5.82 Å². The van der Waals surface area contributed by atoms with Gasteiger partial charge in [-0.3, -0.25) is 9.67 Å². The zero-order valence-corrected chi connectivity index (χ0v) is 9.46. The summed E-state index contributed by atoms with van der Waals surface area (Å²) in [6.45, 7) is 0.745. The molecular weight excluding hydrogens is 202 g/mol. The molecule has 2 rings (SSSR count). The highest BCUT2D eigenvalue weighted by Crippen LogP contribution is 2.20. The first kappa shape index (κ1) is 10.5. The minimum Gasteiger partial charge on any atom is -0.394 e. The predicted molar refractivity (Wildman–Crippen MR) is 64.0 cm³/mol. The first-order valence-electron chi connectivity index (χ1n) is 5.06.